The summed E-state index contributed by atoms with van der Waals surface area (Å²) in [5.41, 5.74) is 0.278. The number of hydrogen-bond acceptors (Lipinski definition) is 5. The number of anilines is 2. The molecule has 18 heavy (non-hydrogen) atoms. The van der Waals surface area contributed by atoms with E-state index in [0.29, 0.717) is 18.0 Å². The zero-order chi connectivity index (χ0) is 13.0. The van der Waals surface area contributed by atoms with Gasteiger partial charge in [-0.1, -0.05) is 6.07 Å². The average molecular weight is 247 g/mol. The maximum atomic E-state index is 11.2. The van der Waals surface area contributed by atoms with Gasteiger partial charge >= 0.3 is 0 Å². The molecule has 1 aromatic heterocycles. The third-order valence-corrected chi connectivity index (χ3v) is 2.14. The smallest absolute Gasteiger partial charge is 0.256 e. The minimum absolute atomic E-state index is 0.175. The summed E-state index contributed by atoms with van der Waals surface area (Å²) in [4.78, 5) is 17.4. The molecule has 94 valence electrons. The van der Waals surface area contributed by atoms with Gasteiger partial charge in [0.1, 0.15) is 5.75 Å². The van der Waals surface area contributed by atoms with Crippen LogP contribution in [0.3, 0.4) is 0 Å². The number of benzene rings is 1. The lowest BCUT2D eigenvalue weighted by Crippen LogP contribution is -2.08. The third kappa shape index (κ3) is 3.00. The molecule has 0 unspecified atom stereocenters. The summed E-state index contributed by atoms with van der Waals surface area (Å²) in [5, 5.41) is 12.1. The van der Waals surface area contributed by atoms with E-state index in [1.54, 1.807) is 12.1 Å². The molecule has 2 rings (SSSR count). The lowest BCUT2D eigenvalue weighted by Gasteiger charge is -2.07. The van der Waals surface area contributed by atoms with E-state index in [1.807, 2.05) is 19.1 Å². The number of nitrogens with one attached hydrogen (secondary N) is 2. The molecule has 0 amide bonds. The van der Waals surface area contributed by atoms with Gasteiger partial charge in [-0.3, -0.25) is 9.78 Å². The molecule has 1 heterocycles. The standard InChI is InChI=1S/C12H13N3O3/c1-2-18-9-5-3-4-8(6-9)13-12-14-10(16)7-11(17)15-12/h3-7H,2H2,1H3,(H3,13,14,15,16,17). The Hall–Kier alpha value is -2.50. The second-order valence-electron chi connectivity index (χ2n) is 3.54. The van der Waals surface area contributed by atoms with Crippen molar-refractivity contribution in [1.82, 2.24) is 9.97 Å². The number of ether oxygens (including phenoxy) is 1. The Labute approximate surface area is 103 Å². The normalized spacial score (nSPS) is 10.1. The molecule has 6 nitrogen and oxygen atoms in total. The zero-order valence-electron chi connectivity index (χ0n) is 9.80. The molecule has 0 aliphatic heterocycles. The number of hydrogen-bond donors (Lipinski definition) is 3. The van der Waals surface area contributed by atoms with Crippen molar-refractivity contribution in [2.75, 3.05) is 11.9 Å². The Balaban J connectivity index is 2.22. The maximum absolute atomic E-state index is 11.2. The van der Waals surface area contributed by atoms with E-state index in [-0.39, 0.29) is 11.8 Å². The summed E-state index contributed by atoms with van der Waals surface area (Å²) in [6, 6.07) is 8.21. The largest absolute Gasteiger partial charge is 0.494 e. The van der Waals surface area contributed by atoms with Crippen LogP contribution in [0.2, 0.25) is 0 Å². The minimum Gasteiger partial charge on any atom is -0.494 e. The van der Waals surface area contributed by atoms with E-state index < -0.39 is 5.56 Å². The molecule has 0 saturated heterocycles. The fourth-order valence-corrected chi connectivity index (χ4v) is 1.47. The van der Waals surface area contributed by atoms with Gasteiger partial charge < -0.3 is 15.2 Å². The van der Waals surface area contributed by atoms with E-state index in [0.717, 1.165) is 6.07 Å². The second kappa shape index (κ2) is 5.22. The highest BCUT2D eigenvalue weighted by atomic mass is 16.5. The molecule has 0 saturated carbocycles. The predicted octanol–water partition coefficient (Wildman–Crippen LogP) is 1.62. The summed E-state index contributed by atoms with van der Waals surface area (Å²) in [7, 11) is 0. The fraction of sp³-hybridized carbons (Fsp3) is 0.167. The first-order valence-electron chi connectivity index (χ1n) is 5.47. The van der Waals surface area contributed by atoms with Gasteiger partial charge in [-0.05, 0) is 19.1 Å². The highest BCUT2D eigenvalue weighted by Crippen LogP contribution is 2.19. The number of rotatable bonds is 4. The van der Waals surface area contributed by atoms with Crippen molar-refractivity contribution in [3.63, 3.8) is 0 Å². The van der Waals surface area contributed by atoms with Crippen molar-refractivity contribution in [1.29, 1.82) is 0 Å². The first-order valence-corrected chi connectivity index (χ1v) is 5.47. The van der Waals surface area contributed by atoms with Gasteiger partial charge in [-0.2, -0.15) is 4.98 Å². The quantitative estimate of drug-likeness (QED) is 0.764. The van der Waals surface area contributed by atoms with Gasteiger partial charge in [0.2, 0.25) is 11.8 Å². The molecular formula is C12H13N3O3. The highest BCUT2D eigenvalue weighted by Gasteiger charge is 2.01. The Kier molecular flexibility index (Phi) is 3.47. The first-order chi connectivity index (χ1) is 8.67. The lowest BCUT2D eigenvalue weighted by atomic mass is 10.3. The average Bonchev–Trinajstić information content (AvgIpc) is 2.28. The monoisotopic (exact) mass is 247 g/mol. The fourth-order valence-electron chi connectivity index (χ4n) is 1.47. The van der Waals surface area contributed by atoms with Gasteiger partial charge in [0.15, 0.2) is 0 Å². The number of aromatic nitrogens is 2. The molecule has 0 bridgehead atoms. The molecule has 0 radical (unpaired) electrons. The van der Waals surface area contributed by atoms with Gasteiger partial charge in [-0.15, -0.1) is 0 Å². The number of aromatic hydroxyl groups is 1. The third-order valence-electron chi connectivity index (χ3n) is 2.14. The molecule has 0 aliphatic rings. The van der Waals surface area contributed by atoms with Crippen molar-refractivity contribution >= 4 is 11.6 Å². The Bertz CT molecular complexity index is 595. The molecule has 0 fully saturated rings. The number of H-pyrrole nitrogens is 1. The molecule has 6 heteroatoms. The first kappa shape index (κ1) is 12.0. The molecule has 2 aromatic rings. The summed E-state index contributed by atoms with van der Waals surface area (Å²) in [6.07, 6.45) is 0. The predicted molar refractivity (Wildman–Crippen MR) is 67.4 cm³/mol. The highest BCUT2D eigenvalue weighted by molar-refractivity contribution is 5.55. The topological polar surface area (TPSA) is 87.2 Å². The van der Waals surface area contributed by atoms with E-state index in [1.165, 1.54) is 0 Å². The Morgan fingerprint density at radius 1 is 1.44 bits per heavy atom. The van der Waals surface area contributed by atoms with Gasteiger partial charge in [0.05, 0.1) is 12.7 Å². The van der Waals surface area contributed by atoms with Crippen molar-refractivity contribution in [2.45, 2.75) is 6.92 Å². The van der Waals surface area contributed by atoms with Crippen molar-refractivity contribution < 1.29 is 9.84 Å². The molecule has 3 N–H and O–H groups in total. The van der Waals surface area contributed by atoms with E-state index in [2.05, 4.69) is 15.3 Å². The summed E-state index contributed by atoms with van der Waals surface area (Å²) in [6.45, 7) is 2.47. The molecule has 1 aromatic carbocycles. The second-order valence-corrected chi connectivity index (χ2v) is 3.54. The van der Waals surface area contributed by atoms with Gasteiger partial charge in [-0.25, -0.2) is 0 Å². The minimum atomic E-state index is -0.425. The van der Waals surface area contributed by atoms with Gasteiger partial charge in [0, 0.05) is 11.8 Å². The maximum Gasteiger partial charge on any atom is 0.256 e. The van der Waals surface area contributed by atoms with Crippen LogP contribution in [-0.2, 0) is 0 Å². The Morgan fingerprint density at radius 3 is 3.00 bits per heavy atom. The van der Waals surface area contributed by atoms with Crippen LogP contribution in [-0.4, -0.2) is 21.7 Å². The van der Waals surface area contributed by atoms with Gasteiger partial charge in [0.25, 0.3) is 5.56 Å². The number of aromatic amines is 1. The summed E-state index contributed by atoms with van der Waals surface area (Å²) < 4.78 is 5.35. The van der Waals surface area contributed by atoms with Crippen LogP contribution in [0.5, 0.6) is 11.6 Å². The molecule has 0 spiro atoms. The van der Waals surface area contributed by atoms with E-state index in [9.17, 15) is 9.90 Å². The van der Waals surface area contributed by atoms with Crippen LogP contribution in [0.1, 0.15) is 6.92 Å². The van der Waals surface area contributed by atoms with Crippen LogP contribution >= 0.6 is 0 Å². The summed E-state index contributed by atoms with van der Waals surface area (Å²) >= 11 is 0. The SMILES string of the molecule is CCOc1cccc(Nc2nc(O)cc(=O)[nH]2)c1. The van der Waals surface area contributed by atoms with Crippen molar-refractivity contribution in [2.24, 2.45) is 0 Å². The van der Waals surface area contributed by atoms with Crippen LogP contribution in [0.15, 0.2) is 35.1 Å². The number of nitrogens with zero attached hydrogens (tertiary/aromatic N) is 1. The lowest BCUT2D eigenvalue weighted by molar-refractivity contribution is 0.340. The van der Waals surface area contributed by atoms with Crippen LogP contribution < -0.4 is 15.6 Å². The zero-order valence-corrected chi connectivity index (χ0v) is 9.80. The van der Waals surface area contributed by atoms with E-state index in [4.69, 9.17) is 4.74 Å². The van der Waals surface area contributed by atoms with E-state index >= 15 is 0 Å². The molecule has 0 atom stereocenters. The molecule has 0 aliphatic carbocycles. The van der Waals surface area contributed by atoms with Crippen molar-refractivity contribution in [3.8, 4) is 11.6 Å². The van der Waals surface area contributed by atoms with Crippen LogP contribution in [0, 0.1) is 0 Å². The van der Waals surface area contributed by atoms with Crippen LogP contribution in [0.4, 0.5) is 11.6 Å². The molecular weight excluding hydrogens is 234 g/mol. The Morgan fingerprint density at radius 2 is 2.28 bits per heavy atom. The van der Waals surface area contributed by atoms with Crippen molar-refractivity contribution in [3.05, 3.63) is 40.7 Å². The van der Waals surface area contributed by atoms with Crippen LogP contribution in [0.25, 0.3) is 0 Å². The summed E-state index contributed by atoms with van der Waals surface area (Å²) in [5.74, 6) is 0.556.